The normalized spacial score (nSPS) is 29.1. The summed E-state index contributed by atoms with van der Waals surface area (Å²) in [6.45, 7) is -0.250. The predicted molar refractivity (Wildman–Crippen MR) is 46.0 cm³/mol. The summed E-state index contributed by atoms with van der Waals surface area (Å²) in [4.78, 5) is 11.1. The number of halogens is 4. The molecule has 14 heavy (non-hydrogen) atoms. The molecule has 82 valence electrons. The number of rotatable bonds is 0. The van der Waals surface area contributed by atoms with Gasteiger partial charge in [-0.05, 0) is 6.42 Å². The topological polar surface area (TPSA) is 40.5 Å². The molecule has 1 aliphatic heterocycles. The Balaban J connectivity index is 2.59. The monoisotopic (exact) mass is 275 g/mol. The average molecular weight is 276 g/mol. The van der Waals surface area contributed by atoms with Crippen molar-refractivity contribution in [3.8, 4) is 0 Å². The van der Waals surface area contributed by atoms with Crippen LogP contribution in [0.25, 0.3) is 0 Å². The molecular formula is C7H9BrF3NO2. The molecule has 1 aliphatic rings. The first-order chi connectivity index (χ1) is 6.32. The van der Waals surface area contributed by atoms with Gasteiger partial charge in [-0.3, -0.25) is 4.79 Å². The maximum Gasteiger partial charge on any atom is 0.471 e. The van der Waals surface area contributed by atoms with Crippen molar-refractivity contribution in [3.63, 3.8) is 0 Å². The van der Waals surface area contributed by atoms with E-state index >= 15 is 0 Å². The fourth-order valence-corrected chi connectivity index (χ4v) is 1.64. The second-order valence-corrected chi connectivity index (χ2v) is 4.30. The Morgan fingerprint density at radius 3 is 2.50 bits per heavy atom. The SMILES string of the molecule is O=C(N1CCC(Br)C(O)C1)C(F)(F)F. The number of aliphatic hydroxyl groups is 1. The van der Waals surface area contributed by atoms with Crippen LogP contribution in [0.5, 0.6) is 0 Å². The van der Waals surface area contributed by atoms with Crippen molar-refractivity contribution >= 4 is 21.8 Å². The van der Waals surface area contributed by atoms with Gasteiger partial charge in [0.05, 0.1) is 6.10 Å². The number of amides is 1. The second kappa shape index (κ2) is 4.06. The molecule has 1 rings (SSSR count). The van der Waals surface area contributed by atoms with Crippen molar-refractivity contribution in [3.05, 3.63) is 0 Å². The molecule has 0 aromatic heterocycles. The molecule has 0 bridgehead atoms. The Hall–Kier alpha value is -0.300. The number of carbonyl (C=O) groups excluding carboxylic acids is 1. The summed E-state index contributed by atoms with van der Waals surface area (Å²) >= 11 is 3.11. The average Bonchev–Trinajstić information content (AvgIpc) is 2.07. The number of carbonyl (C=O) groups is 1. The molecule has 2 atom stereocenters. The third kappa shape index (κ3) is 2.60. The highest BCUT2D eigenvalue weighted by Crippen LogP contribution is 2.24. The van der Waals surface area contributed by atoms with Gasteiger partial charge in [-0.1, -0.05) is 15.9 Å². The standard InChI is InChI=1S/C7H9BrF3NO2/c8-4-1-2-12(3-5(4)13)6(14)7(9,10)11/h4-5,13H,1-3H2. The van der Waals surface area contributed by atoms with Crippen molar-refractivity contribution in [2.45, 2.75) is 23.5 Å². The Bertz CT molecular complexity index is 233. The molecule has 1 fully saturated rings. The predicted octanol–water partition coefficient (Wildman–Crippen LogP) is 0.905. The van der Waals surface area contributed by atoms with Crippen molar-refractivity contribution in [1.82, 2.24) is 4.90 Å². The summed E-state index contributed by atoms with van der Waals surface area (Å²) in [6.07, 6.45) is -5.46. The lowest BCUT2D eigenvalue weighted by molar-refractivity contribution is -0.187. The number of hydrogen-bond donors (Lipinski definition) is 1. The lowest BCUT2D eigenvalue weighted by Gasteiger charge is -2.33. The number of aliphatic hydroxyl groups excluding tert-OH is 1. The third-order valence-corrected chi connectivity index (χ3v) is 3.10. The van der Waals surface area contributed by atoms with Gasteiger partial charge in [0.25, 0.3) is 0 Å². The third-order valence-electron chi connectivity index (χ3n) is 2.03. The Morgan fingerprint density at radius 1 is 1.50 bits per heavy atom. The molecule has 0 aromatic rings. The van der Waals surface area contributed by atoms with Gasteiger partial charge < -0.3 is 10.0 Å². The van der Waals surface area contributed by atoms with Crippen LogP contribution in [0.1, 0.15) is 6.42 Å². The first kappa shape index (κ1) is 11.8. The fourth-order valence-electron chi connectivity index (χ4n) is 1.27. The minimum Gasteiger partial charge on any atom is -0.390 e. The van der Waals surface area contributed by atoms with Crippen LogP contribution in [-0.2, 0) is 4.79 Å². The quantitative estimate of drug-likeness (QED) is 0.668. The van der Waals surface area contributed by atoms with Gasteiger partial charge in [-0.2, -0.15) is 13.2 Å². The number of nitrogens with zero attached hydrogens (tertiary/aromatic N) is 1. The summed E-state index contributed by atoms with van der Waals surface area (Å²) in [7, 11) is 0. The van der Waals surface area contributed by atoms with E-state index in [2.05, 4.69) is 15.9 Å². The molecule has 2 unspecified atom stereocenters. The summed E-state index contributed by atoms with van der Waals surface area (Å²) in [5, 5.41) is 9.25. The second-order valence-electron chi connectivity index (χ2n) is 3.12. The zero-order valence-electron chi connectivity index (χ0n) is 7.09. The van der Waals surface area contributed by atoms with Crippen LogP contribution in [-0.4, -0.2) is 46.1 Å². The first-order valence-electron chi connectivity index (χ1n) is 4.00. The fraction of sp³-hybridized carbons (Fsp3) is 0.857. The smallest absolute Gasteiger partial charge is 0.390 e. The highest BCUT2D eigenvalue weighted by Gasteiger charge is 2.44. The zero-order chi connectivity index (χ0) is 10.9. The van der Waals surface area contributed by atoms with Crippen LogP contribution in [0.15, 0.2) is 0 Å². The van der Waals surface area contributed by atoms with E-state index in [4.69, 9.17) is 0 Å². The summed E-state index contributed by atoms with van der Waals surface area (Å²) in [6, 6.07) is 0. The van der Waals surface area contributed by atoms with E-state index in [0.717, 1.165) is 0 Å². The van der Waals surface area contributed by atoms with Crippen LogP contribution in [0, 0.1) is 0 Å². The van der Waals surface area contributed by atoms with Crippen LogP contribution in [0.4, 0.5) is 13.2 Å². The maximum absolute atomic E-state index is 12.0. The first-order valence-corrected chi connectivity index (χ1v) is 4.92. The Labute approximate surface area is 87.0 Å². The number of β-amino-alcohol motifs (C(OH)–C–C–N with tert-alkyl or cyclic N) is 1. The highest BCUT2D eigenvalue weighted by molar-refractivity contribution is 9.09. The molecule has 0 radical (unpaired) electrons. The van der Waals surface area contributed by atoms with E-state index in [1.807, 2.05) is 0 Å². The summed E-state index contributed by atoms with van der Waals surface area (Å²) < 4.78 is 35.9. The molecule has 1 saturated heterocycles. The van der Waals surface area contributed by atoms with E-state index < -0.39 is 18.2 Å². The van der Waals surface area contributed by atoms with Gasteiger partial charge in [-0.25, -0.2) is 0 Å². The Kier molecular flexibility index (Phi) is 3.41. The molecule has 0 saturated carbocycles. The van der Waals surface area contributed by atoms with Crippen LogP contribution in [0.2, 0.25) is 0 Å². The van der Waals surface area contributed by atoms with E-state index in [9.17, 15) is 23.1 Å². The van der Waals surface area contributed by atoms with E-state index in [-0.39, 0.29) is 17.9 Å². The zero-order valence-corrected chi connectivity index (χ0v) is 8.68. The summed E-state index contributed by atoms with van der Waals surface area (Å²) in [5.74, 6) is -1.88. The number of hydrogen-bond acceptors (Lipinski definition) is 2. The Morgan fingerprint density at radius 2 is 2.07 bits per heavy atom. The molecule has 1 amide bonds. The molecule has 7 heteroatoms. The molecule has 3 nitrogen and oxygen atoms in total. The molecule has 0 spiro atoms. The van der Waals surface area contributed by atoms with Crippen LogP contribution < -0.4 is 0 Å². The minimum atomic E-state index is -4.85. The van der Waals surface area contributed by atoms with Crippen molar-refractivity contribution in [2.24, 2.45) is 0 Å². The largest absolute Gasteiger partial charge is 0.471 e. The summed E-state index contributed by atoms with van der Waals surface area (Å²) in [5.41, 5.74) is 0. The van der Waals surface area contributed by atoms with E-state index in [1.165, 1.54) is 0 Å². The molecule has 0 aromatic carbocycles. The van der Waals surface area contributed by atoms with Crippen molar-refractivity contribution < 1.29 is 23.1 Å². The number of piperidine rings is 1. The van der Waals surface area contributed by atoms with Gasteiger partial charge >= 0.3 is 12.1 Å². The lowest BCUT2D eigenvalue weighted by Crippen LogP contribution is -2.51. The number of alkyl halides is 4. The van der Waals surface area contributed by atoms with Gasteiger partial charge in [-0.15, -0.1) is 0 Å². The molecule has 1 heterocycles. The molecular weight excluding hydrogens is 267 g/mol. The van der Waals surface area contributed by atoms with Crippen LogP contribution >= 0.6 is 15.9 Å². The van der Waals surface area contributed by atoms with Gasteiger partial charge in [0.2, 0.25) is 0 Å². The maximum atomic E-state index is 12.0. The van der Waals surface area contributed by atoms with Crippen molar-refractivity contribution in [2.75, 3.05) is 13.1 Å². The minimum absolute atomic E-state index is 0.0192. The highest BCUT2D eigenvalue weighted by atomic mass is 79.9. The van der Waals surface area contributed by atoms with Gasteiger partial charge in [0, 0.05) is 17.9 Å². The van der Waals surface area contributed by atoms with Crippen LogP contribution in [0.3, 0.4) is 0 Å². The number of likely N-dealkylation sites (tertiary alicyclic amines) is 1. The van der Waals surface area contributed by atoms with Crippen molar-refractivity contribution in [1.29, 1.82) is 0 Å². The molecule has 1 N–H and O–H groups in total. The van der Waals surface area contributed by atoms with Gasteiger partial charge in [0.15, 0.2) is 0 Å². The van der Waals surface area contributed by atoms with E-state index in [1.54, 1.807) is 0 Å². The molecule has 0 aliphatic carbocycles. The van der Waals surface area contributed by atoms with Gasteiger partial charge in [0.1, 0.15) is 0 Å². The lowest BCUT2D eigenvalue weighted by atomic mass is 10.1. The van der Waals surface area contributed by atoms with E-state index in [0.29, 0.717) is 11.3 Å².